The van der Waals surface area contributed by atoms with E-state index >= 15 is 0 Å². The number of aliphatic imine (C=N–C) groups is 1. The molecule has 0 fully saturated rings. The predicted octanol–water partition coefficient (Wildman–Crippen LogP) is 1.82. The van der Waals surface area contributed by atoms with E-state index in [1.165, 1.54) is 5.56 Å². The summed E-state index contributed by atoms with van der Waals surface area (Å²) in [6.07, 6.45) is 3.27. The van der Waals surface area contributed by atoms with Crippen molar-refractivity contribution in [2.75, 3.05) is 0 Å². The van der Waals surface area contributed by atoms with Gasteiger partial charge in [-0.15, -0.1) is 0 Å². The molecule has 2 aromatic rings. The summed E-state index contributed by atoms with van der Waals surface area (Å²) in [5.41, 5.74) is 7.91. The van der Waals surface area contributed by atoms with E-state index in [0.29, 0.717) is 11.8 Å². The highest BCUT2D eigenvalue weighted by molar-refractivity contribution is 5.98. The van der Waals surface area contributed by atoms with Gasteiger partial charge in [-0.2, -0.15) is 4.99 Å². The largest absolute Gasteiger partial charge is 0.383 e. The van der Waals surface area contributed by atoms with Gasteiger partial charge in [0.25, 0.3) is 5.95 Å². The maximum Gasteiger partial charge on any atom is 0.251 e. The first-order valence-corrected chi connectivity index (χ1v) is 4.94. The molecular formula is C12H12N4. The SMILES string of the molecule is Cc1ccc(/C(N)=N/c2ncccn2)cc1. The second-order valence-corrected chi connectivity index (χ2v) is 3.41. The summed E-state index contributed by atoms with van der Waals surface area (Å²) in [6, 6.07) is 9.57. The van der Waals surface area contributed by atoms with E-state index in [0.717, 1.165) is 5.56 Å². The molecule has 0 radical (unpaired) electrons. The fourth-order valence-corrected chi connectivity index (χ4v) is 1.25. The Morgan fingerprint density at radius 3 is 2.38 bits per heavy atom. The van der Waals surface area contributed by atoms with Crippen LogP contribution in [0.15, 0.2) is 47.7 Å². The minimum Gasteiger partial charge on any atom is -0.383 e. The highest BCUT2D eigenvalue weighted by Gasteiger charge is 1.99. The van der Waals surface area contributed by atoms with Gasteiger partial charge in [0, 0.05) is 18.0 Å². The summed E-state index contributed by atoms with van der Waals surface area (Å²) in [7, 11) is 0. The molecule has 4 nitrogen and oxygen atoms in total. The Kier molecular flexibility index (Phi) is 2.91. The summed E-state index contributed by atoms with van der Waals surface area (Å²) in [4.78, 5) is 12.1. The Balaban J connectivity index is 2.28. The Hall–Kier alpha value is -2.23. The Morgan fingerprint density at radius 2 is 1.75 bits per heavy atom. The molecule has 0 spiro atoms. The second kappa shape index (κ2) is 4.53. The van der Waals surface area contributed by atoms with Gasteiger partial charge in [-0.05, 0) is 13.0 Å². The second-order valence-electron chi connectivity index (χ2n) is 3.41. The summed E-state index contributed by atoms with van der Waals surface area (Å²) < 4.78 is 0. The molecule has 0 saturated heterocycles. The Bertz CT molecular complexity index is 488. The predicted molar refractivity (Wildman–Crippen MR) is 63.6 cm³/mol. The number of nitrogens with two attached hydrogens (primary N) is 1. The fourth-order valence-electron chi connectivity index (χ4n) is 1.25. The van der Waals surface area contributed by atoms with Crippen LogP contribution in [0.25, 0.3) is 0 Å². The minimum absolute atomic E-state index is 0.376. The first-order chi connectivity index (χ1) is 7.75. The van der Waals surface area contributed by atoms with Crippen molar-refractivity contribution < 1.29 is 0 Å². The zero-order valence-corrected chi connectivity index (χ0v) is 8.96. The van der Waals surface area contributed by atoms with Crippen LogP contribution in [0, 0.1) is 6.92 Å². The van der Waals surface area contributed by atoms with Crippen molar-refractivity contribution >= 4 is 11.8 Å². The van der Waals surface area contributed by atoms with E-state index in [9.17, 15) is 0 Å². The van der Waals surface area contributed by atoms with Crippen LogP contribution in [-0.4, -0.2) is 15.8 Å². The number of nitrogens with zero attached hydrogens (tertiary/aromatic N) is 3. The third kappa shape index (κ3) is 2.42. The molecule has 1 aromatic heterocycles. The van der Waals surface area contributed by atoms with Crippen molar-refractivity contribution in [3.8, 4) is 0 Å². The zero-order chi connectivity index (χ0) is 11.4. The molecule has 80 valence electrons. The molecule has 0 aliphatic carbocycles. The summed E-state index contributed by atoms with van der Waals surface area (Å²) in [5.74, 6) is 0.798. The van der Waals surface area contributed by atoms with E-state index in [4.69, 9.17) is 5.73 Å². The van der Waals surface area contributed by atoms with Gasteiger partial charge >= 0.3 is 0 Å². The number of amidine groups is 1. The maximum absolute atomic E-state index is 5.85. The first-order valence-electron chi connectivity index (χ1n) is 4.94. The van der Waals surface area contributed by atoms with Crippen molar-refractivity contribution in [3.63, 3.8) is 0 Å². The topological polar surface area (TPSA) is 64.2 Å². The number of hydrogen-bond donors (Lipinski definition) is 1. The average Bonchev–Trinajstić information content (AvgIpc) is 2.31. The molecule has 0 unspecified atom stereocenters. The van der Waals surface area contributed by atoms with Gasteiger partial charge in [-0.3, -0.25) is 0 Å². The molecule has 1 heterocycles. The monoisotopic (exact) mass is 212 g/mol. The summed E-state index contributed by atoms with van der Waals surface area (Å²) in [5, 5.41) is 0. The van der Waals surface area contributed by atoms with Crippen molar-refractivity contribution in [1.82, 2.24) is 9.97 Å². The Labute approximate surface area is 93.9 Å². The van der Waals surface area contributed by atoms with Crippen LogP contribution in [0.3, 0.4) is 0 Å². The molecule has 0 saturated carbocycles. The Morgan fingerprint density at radius 1 is 1.12 bits per heavy atom. The summed E-state index contributed by atoms with van der Waals surface area (Å²) in [6.45, 7) is 2.03. The molecule has 0 bridgehead atoms. The molecule has 2 N–H and O–H groups in total. The quantitative estimate of drug-likeness (QED) is 0.610. The molecular weight excluding hydrogens is 200 g/mol. The van der Waals surface area contributed by atoms with Gasteiger partial charge in [-0.1, -0.05) is 29.8 Å². The number of aromatic nitrogens is 2. The molecule has 16 heavy (non-hydrogen) atoms. The van der Waals surface area contributed by atoms with Gasteiger partial charge in [0.1, 0.15) is 5.84 Å². The van der Waals surface area contributed by atoms with Crippen LogP contribution in [0.2, 0.25) is 0 Å². The normalized spacial score (nSPS) is 11.4. The lowest BCUT2D eigenvalue weighted by Crippen LogP contribution is -2.12. The molecule has 0 aliphatic rings. The lowest BCUT2D eigenvalue weighted by atomic mass is 10.1. The van der Waals surface area contributed by atoms with Crippen LogP contribution < -0.4 is 5.73 Å². The van der Waals surface area contributed by atoms with E-state index in [1.54, 1.807) is 18.5 Å². The van der Waals surface area contributed by atoms with Crippen LogP contribution in [0.5, 0.6) is 0 Å². The van der Waals surface area contributed by atoms with E-state index in [-0.39, 0.29) is 0 Å². The molecule has 0 amide bonds. The van der Waals surface area contributed by atoms with Gasteiger partial charge in [0.2, 0.25) is 0 Å². The van der Waals surface area contributed by atoms with Crippen molar-refractivity contribution in [2.45, 2.75) is 6.92 Å². The van der Waals surface area contributed by atoms with Gasteiger partial charge in [0.15, 0.2) is 0 Å². The van der Waals surface area contributed by atoms with E-state index in [2.05, 4.69) is 15.0 Å². The highest BCUT2D eigenvalue weighted by atomic mass is 15.1. The highest BCUT2D eigenvalue weighted by Crippen LogP contribution is 2.06. The maximum atomic E-state index is 5.85. The standard InChI is InChI=1S/C12H12N4/c1-9-3-5-10(6-4-9)11(13)16-12-14-7-2-8-15-12/h2-8H,1H3,(H2,13,14,15,16). The third-order valence-corrected chi connectivity index (χ3v) is 2.12. The van der Waals surface area contributed by atoms with Crippen LogP contribution in [0.1, 0.15) is 11.1 Å². The van der Waals surface area contributed by atoms with Crippen LogP contribution >= 0.6 is 0 Å². The lowest BCUT2D eigenvalue weighted by molar-refractivity contribution is 1.13. The number of rotatable bonds is 2. The summed E-state index contributed by atoms with van der Waals surface area (Å²) >= 11 is 0. The van der Waals surface area contributed by atoms with Gasteiger partial charge in [0.05, 0.1) is 0 Å². The molecule has 2 rings (SSSR count). The van der Waals surface area contributed by atoms with Gasteiger partial charge < -0.3 is 5.73 Å². The molecule has 4 heteroatoms. The number of aryl methyl sites for hydroxylation is 1. The van der Waals surface area contributed by atoms with E-state index in [1.807, 2.05) is 31.2 Å². The number of hydrogen-bond acceptors (Lipinski definition) is 3. The third-order valence-electron chi connectivity index (χ3n) is 2.12. The molecule has 0 atom stereocenters. The first kappa shape index (κ1) is 10.3. The average molecular weight is 212 g/mol. The lowest BCUT2D eigenvalue weighted by Gasteiger charge is -2.00. The van der Waals surface area contributed by atoms with Crippen molar-refractivity contribution in [1.29, 1.82) is 0 Å². The van der Waals surface area contributed by atoms with Gasteiger partial charge in [-0.25, -0.2) is 9.97 Å². The fraction of sp³-hybridized carbons (Fsp3) is 0.0833. The van der Waals surface area contributed by atoms with Crippen molar-refractivity contribution in [2.24, 2.45) is 10.7 Å². The minimum atomic E-state index is 0.376. The van der Waals surface area contributed by atoms with Crippen LogP contribution in [-0.2, 0) is 0 Å². The van der Waals surface area contributed by atoms with Crippen LogP contribution in [0.4, 0.5) is 5.95 Å². The van der Waals surface area contributed by atoms with Crippen molar-refractivity contribution in [3.05, 3.63) is 53.9 Å². The molecule has 1 aromatic carbocycles. The zero-order valence-electron chi connectivity index (χ0n) is 8.96. The smallest absolute Gasteiger partial charge is 0.251 e. The molecule has 0 aliphatic heterocycles. The number of benzene rings is 1. The van der Waals surface area contributed by atoms with E-state index < -0.39 is 0 Å².